The maximum absolute atomic E-state index is 12.4. The quantitative estimate of drug-likeness (QED) is 0.641. The van der Waals surface area contributed by atoms with Gasteiger partial charge in [-0.1, -0.05) is 46.9 Å². The van der Waals surface area contributed by atoms with Gasteiger partial charge in [-0.2, -0.15) is 0 Å². The van der Waals surface area contributed by atoms with Gasteiger partial charge in [0.05, 0.1) is 15.6 Å². The van der Waals surface area contributed by atoms with Crippen LogP contribution in [-0.2, 0) is 0 Å². The summed E-state index contributed by atoms with van der Waals surface area (Å²) in [7, 11) is 0. The van der Waals surface area contributed by atoms with Gasteiger partial charge in [-0.3, -0.25) is 4.79 Å². The summed E-state index contributed by atoms with van der Waals surface area (Å²) in [6.07, 6.45) is 0. The number of nitrogens with two attached hydrogens (primary N) is 1. The third kappa shape index (κ3) is 2.86. The van der Waals surface area contributed by atoms with Gasteiger partial charge in [-0.05, 0) is 30.7 Å². The average Bonchev–Trinajstić information content (AvgIpc) is 2.31. The molecule has 19 heavy (non-hydrogen) atoms. The summed E-state index contributed by atoms with van der Waals surface area (Å²) in [6, 6.07) is 8.05. The van der Waals surface area contributed by atoms with Crippen LogP contribution in [0.15, 0.2) is 30.3 Å². The number of benzene rings is 2. The van der Waals surface area contributed by atoms with Gasteiger partial charge in [0.25, 0.3) is 0 Å². The molecule has 0 atom stereocenters. The van der Waals surface area contributed by atoms with E-state index in [1.807, 2.05) is 6.92 Å². The lowest BCUT2D eigenvalue weighted by Gasteiger charge is -2.08. The first-order chi connectivity index (χ1) is 8.90. The van der Waals surface area contributed by atoms with Crippen molar-refractivity contribution in [3.8, 4) is 0 Å². The lowest BCUT2D eigenvalue weighted by Crippen LogP contribution is -2.04. The molecule has 0 saturated heterocycles. The van der Waals surface area contributed by atoms with Crippen LogP contribution < -0.4 is 5.73 Å². The van der Waals surface area contributed by atoms with Crippen molar-refractivity contribution < 1.29 is 4.79 Å². The van der Waals surface area contributed by atoms with Crippen molar-refractivity contribution in [2.75, 3.05) is 5.73 Å². The first kappa shape index (κ1) is 14.2. The summed E-state index contributed by atoms with van der Waals surface area (Å²) in [4.78, 5) is 12.4. The number of halogens is 3. The normalized spacial score (nSPS) is 10.5. The Morgan fingerprint density at radius 2 is 1.63 bits per heavy atom. The number of rotatable bonds is 2. The number of carbonyl (C=O) groups is 1. The van der Waals surface area contributed by atoms with Crippen molar-refractivity contribution in [3.63, 3.8) is 0 Å². The number of carbonyl (C=O) groups excluding carboxylic acids is 1. The summed E-state index contributed by atoms with van der Waals surface area (Å²) >= 11 is 17.9. The molecule has 0 aromatic heterocycles. The molecular weight excluding hydrogens is 305 g/mol. The SMILES string of the molecule is Cc1ccc(C(=O)c2c(Cl)cc(Cl)cc2Cl)cc1N. The Morgan fingerprint density at radius 3 is 2.16 bits per heavy atom. The summed E-state index contributed by atoms with van der Waals surface area (Å²) in [5, 5.41) is 0.832. The van der Waals surface area contributed by atoms with Crippen LogP contribution in [0.25, 0.3) is 0 Å². The Kier molecular flexibility index (Phi) is 4.04. The minimum Gasteiger partial charge on any atom is -0.398 e. The van der Waals surface area contributed by atoms with Crippen molar-refractivity contribution in [1.82, 2.24) is 0 Å². The Hall–Kier alpha value is -1.22. The molecule has 0 unspecified atom stereocenters. The maximum atomic E-state index is 12.4. The number of nitrogen functional groups attached to an aromatic ring is 1. The second-order valence-electron chi connectivity index (χ2n) is 4.14. The molecule has 0 saturated carbocycles. The number of aryl methyl sites for hydroxylation is 1. The van der Waals surface area contributed by atoms with E-state index in [1.165, 1.54) is 12.1 Å². The molecule has 0 fully saturated rings. The molecule has 0 aliphatic carbocycles. The molecule has 98 valence electrons. The zero-order valence-corrected chi connectivity index (χ0v) is 12.3. The molecule has 2 rings (SSSR count). The third-order valence-corrected chi connectivity index (χ3v) is 3.59. The van der Waals surface area contributed by atoms with Crippen molar-refractivity contribution in [2.45, 2.75) is 6.92 Å². The molecule has 2 aromatic carbocycles. The molecule has 2 nitrogen and oxygen atoms in total. The van der Waals surface area contributed by atoms with E-state index in [0.717, 1.165) is 5.56 Å². The van der Waals surface area contributed by atoms with Gasteiger partial charge in [0.2, 0.25) is 0 Å². The highest BCUT2D eigenvalue weighted by molar-refractivity contribution is 6.43. The molecule has 2 aromatic rings. The monoisotopic (exact) mass is 313 g/mol. The second-order valence-corrected chi connectivity index (χ2v) is 5.40. The van der Waals surface area contributed by atoms with E-state index in [1.54, 1.807) is 18.2 Å². The van der Waals surface area contributed by atoms with E-state index in [4.69, 9.17) is 40.5 Å². The van der Waals surface area contributed by atoms with Gasteiger partial charge >= 0.3 is 0 Å². The smallest absolute Gasteiger partial charge is 0.196 e. The van der Waals surface area contributed by atoms with Gasteiger partial charge < -0.3 is 5.73 Å². The molecule has 0 heterocycles. The fourth-order valence-corrected chi connectivity index (χ4v) is 2.67. The average molecular weight is 315 g/mol. The van der Waals surface area contributed by atoms with Crippen LogP contribution in [-0.4, -0.2) is 5.78 Å². The van der Waals surface area contributed by atoms with Crippen molar-refractivity contribution in [3.05, 3.63) is 62.1 Å². The first-order valence-corrected chi connectivity index (χ1v) is 6.59. The molecule has 0 spiro atoms. The van der Waals surface area contributed by atoms with Crippen molar-refractivity contribution in [1.29, 1.82) is 0 Å². The molecular formula is C14H10Cl3NO. The van der Waals surface area contributed by atoms with Crippen molar-refractivity contribution in [2.24, 2.45) is 0 Å². The van der Waals surface area contributed by atoms with E-state index in [2.05, 4.69) is 0 Å². The number of hydrogen-bond acceptors (Lipinski definition) is 2. The summed E-state index contributed by atoms with van der Waals surface area (Å²) in [5.41, 5.74) is 7.92. The number of hydrogen-bond donors (Lipinski definition) is 1. The summed E-state index contributed by atoms with van der Waals surface area (Å²) in [6.45, 7) is 1.87. The second kappa shape index (κ2) is 5.41. The number of ketones is 1. The first-order valence-electron chi connectivity index (χ1n) is 5.45. The minimum atomic E-state index is -0.279. The van der Waals surface area contributed by atoms with Crippen LogP contribution in [0.5, 0.6) is 0 Å². The van der Waals surface area contributed by atoms with E-state index < -0.39 is 0 Å². The molecule has 0 aliphatic rings. The topological polar surface area (TPSA) is 43.1 Å². The molecule has 0 radical (unpaired) electrons. The van der Waals surface area contributed by atoms with E-state index in [9.17, 15) is 4.79 Å². The Bertz CT molecular complexity index is 645. The van der Waals surface area contributed by atoms with Crippen LogP contribution >= 0.6 is 34.8 Å². The highest BCUT2D eigenvalue weighted by Crippen LogP contribution is 2.31. The fraction of sp³-hybridized carbons (Fsp3) is 0.0714. The van der Waals surface area contributed by atoms with Gasteiger partial charge in [-0.25, -0.2) is 0 Å². The molecule has 5 heteroatoms. The van der Waals surface area contributed by atoms with Gasteiger partial charge in [0.15, 0.2) is 5.78 Å². The standard InChI is InChI=1S/C14H10Cl3NO/c1-7-2-3-8(4-12(7)18)14(19)13-10(16)5-9(15)6-11(13)17/h2-6H,18H2,1H3. The third-order valence-electron chi connectivity index (χ3n) is 2.78. The highest BCUT2D eigenvalue weighted by Gasteiger charge is 2.18. The minimum absolute atomic E-state index is 0.224. The Balaban J connectivity index is 2.53. The lowest BCUT2D eigenvalue weighted by molar-refractivity contribution is 0.103. The maximum Gasteiger partial charge on any atom is 0.196 e. The fourth-order valence-electron chi connectivity index (χ4n) is 1.69. The van der Waals surface area contributed by atoms with Crippen molar-refractivity contribution >= 4 is 46.3 Å². The van der Waals surface area contributed by atoms with Crippen LogP contribution in [0.3, 0.4) is 0 Å². The van der Waals surface area contributed by atoms with Gasteiger partial charge in [0, 0.05) is 16.3 Å². The highest BCUT2D eigenvalue weighted by atomic mass is 35.5. The zero-order chi connectivity index (χ0) is 14.2. The summed E-state index contributed by atoms with van der Waals surface area (Å²) in [5.74, 6) is -0.279. The Morgan fingerprint density at radius 1 is 1.05 bits per heavy atom. The predicted molar refractivity (Wildman–Crippen MR) is 80.5 cm³/mol. The Labute approximate surface area is 126 Å². The van der Waals surface area contributed by atoms with Crippen LogP contribution in [0.4, 0.5) is 5.69 Å². The van der Waals surface area contributed by atoms with Crippen LogP contribution in [0, 0.1) is 6.92 Å². The molecule has 0 bridgehead atoms. The summed E-state index contributed by atoms with van der Waals surface area (Å²) < 4.78 is 0. The molecule has 2 N–H and O–H groups in total. The van der Waals surface area contributed by atoms with Gasteiger partial charge in [-0.15, -0.1) is 0 Å². The molecule has 0 amide bonds. The van der Waals surface area contributed by atoms with Gasteiger partial charge in [0.1, 0.15) is 0 Å². The van der Waals surface area contributed by atoms with E-state index in [0.29, 0.717) is 16.3 Å². The van der Waals surface area contributed by atoms with E-state index in [-0.39, 0.29) is 21.4 Å². The molecule has 0 aliphatic heterocycles. The zero-order valence-electron chi connectivity index (χ0n) is 10.0. The lowest BCUT2D eigenvalue weighted by atomic mass is 10.0. The predicted octanol–water partition coefficient (Wildman–Crippen LogP) is 4.77. The number of anilines is 1. The van der Waals surface area contributed by atoms with E-state index >= 15 is 0 Å². The van der Waals surface area contributed by atoms with Crippen LogP contribution in [0.1, 0.15) is 21.5 Å². The van der Waals surface area contributed by atoms with Crippen LogP contribution in [0.2, 0.25) is 15.1 Å². The largest absolute Gasteiger partial charge is 0.398 e.